The summed E-state index contributed by atoms with van der Waals surface area (Å²) in [5.74, 6) is 0. The SMILES string of the molecule is CC(O)N1CC[C@@H](O)C1. The van der Waals surface area contributed by atoms with Gasteiger partial charge in [0.15, 0.2) is 0 Å². The maximum absolute atomic E-state index is 9.00. The molecular weight excluding hydrogens is 118 g/mol. The van der Waals surface area contributed by atoms with E-state index in [0.29, 0.717) is 6.54 Å². The maximum atomic E-state index is 9.00. The van der Waals surface area contributed by atoms with Gasteiger partial charge in [0, 0.05) is 13.1 Å². The average Bonchev–Trinajstić information content (AvgIpc) is 2.14. The maximum Gasteiger partial charge on any atom is 0.104 e. The van der Waals surface area contributed by atoms with Gasteiger partial charge in [-0.2, -0.15) is 0 Å². The number of likely N-dealkylation sites (tertiary alicyclic amines) is 1. The number of hydrogen-bond acceptors (Lipinski definition) is 3. The van der Waals surface area contributed by atoms with E-state index in [1.54, 1.807) is 6.92 Å². The zero-order valence-corrected chi connectivity index (χ0v) is 5.62. The lowest BCUT2D eigenvalue weighted by Crippen LogP contribution is -2.31. The van der Waals surface area contributed by atoms with E-state index in [2.05, 4.69) is 0 Å². The Morgan fingerprint density at radius 3 is 2.56 bits per heavy atom. The van der Waals surface area contributed by atoms with Crippen LogP contribution in [0.1, 0.15) is 13.3 Å². The Labute approximate surface area is 54.9 Å². The van der Waals surface area contributed by atoms with Gasteiger partial charge in [-0.05, 0) is 13.3 Å². The number of hydrogen-bond donors (Lipinski definition) is 2. The van der Waals surface area contributed by atoms with Crippen molar-refractivity contribution in [3.8, 4) is 0 Å². The van der Waals surface area contributed by atoms with E-state index in [0.717, 1.165) is 13.0 Å². The number of nitrogens with zero attached hydrogens (tertiary/aromatic N) is 1. The second-order valence-electron chi connectivity index (χ2n) is 2.57. The summed E-state index contributed by atoms with van der Waals surface area (Å²) in [4.78, 5) is 1.85. The normalized spacial score (nSPS) is 33.0. The molecule has 1 aliphatic rings. The van der Waals surface area contributed by atoms with Gasteiger partial charge in [-0.3, -0.25) is 4.90 Å². The van der Waals surface area contributed by atoms with Gasteiger partial charge in [-0.1, -0.05) is 0 Å². The lowest BCUT2D eigenvalue weighted by molar-refractivity contribution is 0.0270. The fraction of sp³-hybridized carbons (Fsp3) is 1.00. The van der Waals surface area contributed by atoms with Crippen LogP contribution in [0.25, 0.3) is 0 Å². The molecule has 1 unspecified atom stereocenters. The second kappa shape index (κ2) is 2.64. The highest BCUT2D eigenvalue weighted by Gasteiger charge is 2.22. The highest BCUT2D eigenvalue weighted by molar-refractivity contribution is 4.74. The number of aliphatic hydroxyl groups is 2. The molecule has 0 aromatic heterocycles. The van der Waals surface area contributed by atoms with Crippen molar-refractivity contribution in [2.45, 2.75) is 25.7 Å². The van der Waals surface area contributed by atoms with Gasteiger partial charge in [0.05, 0.1) is 6.10 Å². The molecule has 1 heterocycles. The number of aliphatic hydroxyl groups excluding tert-OH is 2. The van der Waals surface area contributed by atoms with Crippen molar-refractivity contribution in [2.75, 3.05) is 13.1 Å². The quantitative estimate of drug-likeness (QED) is 0.499. The van der Waals surface area contributed by atoms with Crippen LogP contribution in [0, 0.1) is 0 Å². The molecule has 0 bridgehead atoms. The summed E-state index contributed by atoms with van der Waals surface area (Å²) in [6.07, 6.45) is 0.173. The van der Waals surface area contributed by atoms with Crippen LogP contribution >= 0.6 is 0 Å². The van der Waals surface area contributed by atoms with Crippen molar-refractivity contribution < 1.29 is 10.2 Å². The molecule has 1 saturated heterocycles. The molecule has 0 aliphatic carbocycles. The van der Waals surface area contributed by atoms with E-state index in [1.165, 1.54) is 0 Å². The summed E-state index contributed by atoms with van der Waals surface area (Å²) in [5.41, 5.74) is 0. The number of rotatable bonds is 1. The van der Waals surface area contributed by atoms with Gasteiger partial charge in [-0.15, -0.1) is 0 Å². The molecule has 9 heavy (non-hydrogen) atoms. The molecule has 1 aliphatic heterocycles. The lowest BCUT2D eigenvalue weighted by atomic mass is 10.3. The summed E-state index contributed by atoms with van der Waals surface area (Å²) in [5, 5.41) is 18.0. The summed E-state index contributed by atoms with van der Waals surface area (Å²) >= 11 is 0. The topological polar surface area (TPSA) is 43.7 Å². The zero-order chi connectivity index (χ0) is 6.85. The third kappa shape index (κ3) is 1.64. The molecule has 0 radical (unpaired) electrons. The van der Waals surface area contributed by atoms with Gasteiger partial charge in [0.1, 0.15) is 6.23 Å². The molecule has 0 amide bonds. The predicted molar refractivity (Wildman–Crippen MR) is 33.9 cm³/mol. The average molecular weight is 131 g/mol. The van der Waals surface area contributed by atoms with Crippen LogP contribution in [0.5, 0.6) is 0 Å². The van der Waals surface area contributed by atoms with Crippen LogP contribution in [0.3, 0.4) is 0 Å². The highest BCUT2D eigenvalue weighted by Crippen LogP contribution is 2.09. The van der Waals surface area contributed by atoms with Gasteiger partial charge in [-0.25, -0.2) is 0 Å². The molecule has 0 saturated carbocycles. The molecule has 3 nitrogen and oxygen atoms in total. The van der Waals surface area contributed by atoms with Crippen LogP contribution in [0.4, 0.5) is 0 Å². The number of β-amino-alcohol motifs (C(OH)–C–C–N with tert-alkyl or cyclic N) is 1. The Morgan fingerprint density at radius 1 is 1.67 bits per heavy atom. The van der Waals surface area contributed by atoms with Crippen molar-refractivity contribution in [1.82, 2.24) is 4.90 Å². The smallest absolute Gasteiger partial charge is 0.104 e. The summed E-state index contributed by atoms with van der Waals surface area (Å²) in [6, 6.07) is 0. The molecule has 2 atom stereocenters. The lowest BCUT2D eigenvalue weighted by Gasteiger charge is -2.17. The van der Waals surface area contributed by atoms with E-state index in [9.17, 15) is 0 Å². The van der Waals surface area contributed by atoms with Crippen LogP contribution in [0.15, 0.2) is 0 Å². The second-order valence-corrected chi connectivity index (χ2v) is 2.57. The van der Waals surface area contributed by atoms with Crippen molar-refractivity contribution in [3.63, 3.8) is 0 Å². The standard InChI is InChI=1S/C6H13NO2/c1-5(8)7-3-2-6(9)4-7/h5-6,8-9H,2-4H2,1H3/t5?,6-/m1/s1. The van der Waals surface area contributed by atoms with E-state index in [4.69, 9.17) is 10.2 Å². The monoisotopic (exact) mass is 131 g/mol. The Bertz CT molecular complexity index is 95.1. The first-order valence-electron chi connectivity index (χ1n) is 3.30. The highest BCUT2D eigenvalue weighted by atomic mass is 16.3. The minimum atomic E-state index is -0.401. The van der Waals surface area contributed by atoms with E-state index in [1.807, 2.05) is 4.90 Å². The van der Waals surface area contributed by atoms with Crippen molar-refractivity contribution in [1.29, 1.82) is 0 Å². The summed E-state index contributed by atoms with van der Waals surface area (Å²) < 4.78 is 0. The van der Waals surface area contributed by atoms with Gasteiger partial charge < -0.3 is 10.2 Å². The molecule has 0 aromatic rings. The third-order valence-corrected chi connectivity index (χ3v) is 1.72. The Hall–Kier alpha value is -0.120. The molecule has 3 heteroatoms. The Kier molecular flexibility index (Phi) is 2.05. The van der Waals surface area contributed by atoms with Crippen LogP contribution in [-0.4, -0.2) is 40.5 Å². The molecule has 0 aromatic carbocycles. The van der Waals surface area contributed by atoms with E-state index >= 15 is 0 Å². The summed E-state index contributed by atoms with van der Waals surface area (Å²) in [6.45, 7) is 3.16. The fourth-order valence-electron chi connectivity index (χ4n) is 1.11. The van der Waals surface area contributed by atoms with Crippen LogP contribution < -0.4 is 0 Å². The first-order valence-corrected chi connectivity index (χ1v) is 3.30. The van der Waals surface area contributed by atoms with Crippen LogP contribution in [0.2, 0.25) is 0 Å². The molecule has 0 spiro atoms. The van der Waals surface area contributed by atoms with E-state index < -0.39 is 6.23 Å². The van der Waals surface area contributed by atoms with Gasteiger partial charge in [0.2, 0.25) is 0 Å². The molecule has 2 N–H and O–H groups in total. The minimum absolute atomic E-state index is 0.223. The van der Waals surface area contributed by atoms with Gasteiger partial charge in [0.25, 0.3) is 0 Å². The molecule has 1 fully saturated rings. The van der Waals surface area contributed by atoms with Crippen LogP contribution in [-0.2, 0) is 0 Å². The Balaban J connectivity index is 2.30. The predicted octanol–water partition coefficient (Wildman–Crippen LogP) is -0.609. The van der Waals surface area contributed by atoms with Crippen molar-refractivity contribution >= 4 is 0 Å². The summed E-state index contributed by atoms with van der Waals surface area (Å²) in [7, 11) is 0. The van der Waals surface area contributed by atoms with Crippen molar-refractivity contribution in [2.24, 2.45) is 0 Å². The van der Waals surface area contributed by atoms with Crippen molar-refractivity contribution in [3.05, 3.63) is 0 Å². The molecular formula is C6H13NO2. The molecule has 54 valence electrons. The first kappa shape index (κ1) is 6.99. The fourth-order valence-corrected chi connectivity index (χ4v) is 1.11. The van der Waals surface area contributed by atoms with Gasteiger partial charge >= 0.3 is 0 Å². The third-order valence-electron chi connectivity index (χ3n) is 1.72. The minimum Gasteiger partial charge on any atom is -0.392 e. The molecule has 1 rings (SSSR count). The first-order chi connectivity index (χ1) is 4.20. The largest absolute Gasteiger partial charge is 0.392 e. The zero-order valence-electron chi connectivity index (χ0n) is 5.62. The van der Waals surface area contributed by atoms with E-state index in [-0.39, 0.29) is 6.10 Å². The Morgan fingerprint density at radius 2 is 2.33 bits per heavy atom.